The fourth-order valence-corrected chi connectivity index (χ4v) is 4.99. The Balaban J connectivity index is 1.79. The van der Waals surface area contributed by atoms with Crippen LogP contribution in [0.2, 0.25) is 0 Å². The lowest BCUT2D eigenvalue weighted by Gasteiger charge is -2.25. The minimum atomic E-state index is -4.41. The van der Waals surface area contributed by atoms with Gasteiger partial charge in [0, 0.05) is 41.1 Å². The molecule has 2 nitrogen and oxygen atoms in total. The topological polar surface area (TPSA) is 29.1 Å². The molecule has 0 aliphatic carbocycles. The first-order chi connectivity index (χ1) is 14.7. The van der Waals surface area contributed by atoms with E-state index in [1.165, 1.54) is 24.3 Å². The number of rotatable bonds is 5. The Morgan fingerprint density at radius 2 is 1.61 bits per heavy atom. The molecule has 4 rings (SSSR count). The molecule has 0 saturated carbocycles. The van der Waals surface area contributed by atoms with Crippen LogP contribution in [0.4, 0.5) is 23.2 Å². The smallest absolute Gasteiger partial charge is 0.384 e. The Hall–Kier alpha value is -2.67. The van der Waals surface area contributed by atoms with Crippen LogP contribution in [0.3, 0.4) is 0 Å². The maximum atomic E-state index is 13.6. The molecular formula is C24H21F4NOS. The number of anilines is 1. The summed E-state index contributed by atoms with van der Waals surface area (Å²) >= 11 is 0. The second-order valence-corrected chi connectivity index (χ2v) is 9.17. The quantitative estimate of drug-likeness (QED) is 0.482. The fourth-order valence-electron chi connectivity index (χ4n) is 4.31. The van der Waals surface area contributed by atoms with Gasteiger partial charge in [-0.25, -0.2) is 4.39 Å². The van der Waals surface area contributed by atoms with Gasteiger partial charge in [-0.05, 0) is 46.5 Å². The van der Waals surface area contributed by atoms with Crippen molar-refractivity contribution in [2.75, 3.05) is 18.1 Å². The highest BCUT2D eigenvalue weighted by atomic mass is 32.2. The first-order valence-corrected chi connectivity index (χ1v) is 11.5. The van der Waals surface area contributed by atoms with Crippen LogP contribution in [0.5, 0.6) is 0 Å². The van der Waals surface area contributed by atoms with E-state index in [1.807, 2.05) is 18.2 Å². The number of benzene rings is 3. The average Bonchev–Trinajstić information content (AvgIpc) is 3.14. The van der Waals surface area contributed by atoms with Gasteiger partial charge in [0.1, 0.15) is 5.82 Å². The van der Waals surface area contributed by atoms with E-state index in [1.54, 1.807) is 18.4 Å². The summed E-state index contributed by atoms with van der Waals surface area (Å²) in [5, 5.41) is 3.40. The molecule has 162 valence electrons. The van der Waals surface area contributed by atoms with E-state index in [2.05, 4.69) is 5.32 Å². The largest absolute Gasteiger partial charge is 0.416 e. The van der Waals surface area contributed by atoms with Crippen LogP contribution in [0, 0.1) is 5.82 Å². The van der Waals surface area contributed by atoms with Gasteiger partial charge in [-0.2, -0.15) is 13.2 Å². The van der Waals surface area contributed by atoms with Crippen molar-refractivity contribution in [1.29, 1.82) is 0 Å². The van der Waals surface area contributed by atoms with E-state index < -0.39 is 22.5 Å². The summed E-state index contributed by atoms with van der Waals surface area (Å²) in [5.41, 5.74) is 3.76. The second-order valence-electron chi connectivity index (χ2n) is 7.74. The molecule has 1 aliphatic heterocycles. The zero-order valence-corrected chi connectivity index (χ0v) is 17.6. The molecule has 0 fully saturated rings. The van der Waals surface area contributed by atoms with Crippen LogP contribution in [-0.4, -0.2) is 17.0 Å². The Morgan fingerprint density at radius 1 is 1.00 bits per heavy atom. The first-order valence-electron chi connectivity index (χ1n) is 9.82. The van der Waals surface area contributed by atoms with E-state index in [0.717, 1.165) is 40.1 Å². The summed E-state index contributed by atoms with van der Waals surface area (Å²) in [4.78, 5) is 0. The number of para-hydroxylation sites is 1. The van der Waals surface area contributed by atoms with Gasteiger partial charge in [-0.1, -0.05) is 42.5 Å². The lowest BCUT2D eigenvalue weighted by Crippen LogP contribution is -2.15. The molecule has 0 spiro atoms. The third-order valence-electron chi connectivity index (χ3n) is 5.67. The molecule has 0 amide bonds. The molecule has 7 heteroatoms. The SMILES string of the molecule is CS(=O)Cc1cccc2c1NCC2C(c1ccc(F)cc1)c1ccc(C(F)(F)F)cc1. The normalized spacial score (nSPS) is 17.6. The number of halogens is 4. The zero-order chi connectivity index (χ0) is 22.2. The number of hydrogen-bond donors (Lipinski definition) is 1. The van der Waals surface area contributed by atoms with Gasteiger partial charge in [-0.3, -0.25) is 4.21 Å². The van der Waals surface area contributed by atoms with Crippen molar-refractivity contribution in [3.63, 3.8) is 0 Å². The minimum absolute atomic E-state index is 0.0672. The van der Waals surface area contributed by atoms with E-state index in [9.17, 15) is 21.8 Å². The maximum Gasteiger partial charge on any atom is 0.416 e. The lowest BCUT2D eigenvalue weighted by molar-refractivity contribution is -0.137. The molecule has 0 saturated heterocycles. The monoisotopic (exact) mass is 447 g/mol. The Kier molecular flexibility index (Phi) is 5.88. The molecule has 3 unspecified atom stereocenters. The zero-order valence-electron chi connectivity index (χ0n) is 16.7. The summed E-state index contributed by atoms with van der Waals surface area (Å²) in [6, 6.07) is 17.1. The third-order valence-corrected chi connectivity index (χ3v) is 6.39. The molecule has 3 aromatic rings. The Morgan fingerprint density at radius 3 is 2.19 bits per heavy atom. The summed E-state index contributed by atoms with van der Waals surface area (Å²) < 4.78 is 64.5. The Labute approximate surface area is 180 Å². The molecule has 0 bridgehead atoms. The molecule has 1 heterocycles. The molecule has 0 aromatic heterocycles. The highest BCUT2D eigenvalue weighted by Crippen LogP contribution is 2.46. The molecule has 1 aliphatic rings. The van der Waals surface area contributed by atoms with Gasteiger partial charge in [-0.15, -0.1) is 0 Å². The van der Waals surface area contributed by atoms with Crippen molar-refractivity contribution in [2.24, 2.45) is 0 Å². The fraction of sp³-hybridized carbons (Fsp3) is 0.250. The van der Waals surface area contributed by atoms with Crippen molar-refractivity contribution in [3.8, 4) is 0 Å². The standard InChI is InChI=1S/C24H21F4NOS/c1-31(30)14-17-3-2-4-20-21(13-29-23(17)20)22(16-7-11-19(25)12-8-16)15-5-9-18(10-6-15)24(26,27)28/h2-12,21-22,29H,13-14H2,1H3. The summed E-state index contributed by atoms with van der Waals surface area (Å²) in [6.07, 6.45) is -2.76. The van der Waals surface area contributed by atoms with Crippen LogP contribution >= 0.6 is 0 Å². The third kappa shape index (κ3) is 4.51. The van der Waals surface area contributed by atoms with Crippen molar-refractivity contribution in [3.05, 3.63) is 100 Å². The van der Waals surface area contributed by atoms with Gasteiger partial charge >= 0.3 is 6.18 Å². The van der Waals surface area contributed by atoms with Crippen LogP contribution < -0.4 is 5.32 Å². The van der Waals surface area contributed by atoms with Crippen molar-refractivity contribution >= 4 is 16.5 Å². The maximum absolute atomic E-state index is 13.6. The summed E-state index contributed by atoms with van der Waals surface area (Å²) in [6.45, 7) is 0.575. The predicted molar refractivity (Wildman–Crippen MR) is 115 cm³/mol. The van der Waals surface area contributed by atoms with Gasteiger partial charge in [0.05, 0.1) is 11.3 Å². The van der Waals surface area contributed by atoms with Gasteiger partial charge in [0.2, 0.25) is 0 Å². The van der Waals surface area contributed by atoms with Crippen molar-refractivity contribution < 1.29 is 21.8 Å². The van der Waals surface area contributed by atoms with E-state index >= 15 is 0 Å². The van der Waals surface area contributed by atoms with E-state index in [4.69, 9.17) is 0 Å². The average molecular weight is 447 g/mol. The van der Waals surface area contributed by atoms with Crippen LogP contribution in [0.15, 0.2) is 66.7 Å². The van der Waals surface area contributed by atoms with E-state index in [0.29, 0.717) is 12.3 Å². The Bertz CT molecular complexity index is 1090. The van der Waals surface area contributed by atoms with E-state index in [-0.39, 0.29) is 17.7 Å². The van der Waals surface area contributed by atoms with Crippen LogP contribution in [0.1, 0.15) is 39.7 Å². The predicted octanol–water partition coefficient (Wildman–Crippen LogP) is 6.06. The van der Waals surface area contributed by atoms with Crippen molar-refractivity contribution in [1.82, 2.24) is 0 Å². The second kappa shape index (κ2) is 8.46. The van der Waals surface area contributed by atoms with Gasteiger partial charge in [0.25, 0.3) is 0 Å². The summed E-state index contributed by atoms with van der Waals surface area (Å²) in [5.74, 6) is -0.279. The molecule has 31 heavy (non-hydrogen) atoms. The van der Waals surface area contributed by atoms with Gasteiger partial charge in [0.15, 0.2) is 0 Å². The molecule has 0 radical (unpaired) electrons. The molecular weight excluding hydrogens is 426 g/mol. The molecule has 1 N–H and O–H groups in total. The first kappa shape index (κ1) is 21.6. The van der Waals surface area contributed by atoms with Gasteiger partial charge < -0.3 is 5.32 Å². The number of alkyl halides is 3. The highest BCUT2D eigenvalue weighted by Gasteiger charge is 2.34. The van der Waals surface area contributed by atoms with Crippen LogP contribution in [0.25, 0.3) is 0 Å². The van der Waals surface area contributed by atoms with Crippen molar-refractivity contribution in [2.45, 2.75) is 23.8 Å². The molecule has 3 aromatic carbocycles. The number of nitrogens with one attached hydrogen (secondary N) is 1. The number of fused-ring (bicyclic) bond motifs is 1. The minimum Gasteiger partial charge on any atom is -0.384 e. The number of hydrogen-bond acceptors (Lipinski definition) is 2. The summed E-state index contributed by atoms with van der Waals surface area (Å²) in [7, 11) is -1.00. The lowest BCUT2D eigenvalue weighted by atomic mass is 9.77. The molecule has 3 atom stereocenters. The van der Waals surface area contributed by atoms with Crippen LogP contribution in [-0.2, 0) is 22.7 Å². The highest BCUT2D eigenvalue weighted by molar-refractivity contribution is 7.83.